The first kappa shape index (κ1) is 15.6. The van der Waals surface area contributed by atoms with Crippen LogP contribution in [0, 0.1) is 11.8 Å². The normalized spacial score (nSPS) is 19.9. The van der Waals surface area contributed by atoms with Gasteiger partial charge in [0.2, 0.25) is 11.8 Å². The van der Waals surface area contributed by atoms with E-state index in [0.29, 0.717) is 0 Å². The molecule has 5 nitrogen and oxygen atoms in total. The number of rotatable bonds is 2. The van der Waals surface area contributed by atoms with Gasteiger partial charge < -0.3 is 0 Å². The van der Waals surface area contributed by atoms with Gasteiger partial charge in [-0.2, -0.15) is 0 Å². The van der Waals surface area contributed by atoms with Gasteiger partial charge in [-0.1, -0.05) is 20.3 Å². The van der Waals surface area contributed by atoms with Crippen molar-refractivity contribution in [2.75, 3.05) is 14.1 Å². The molecule has 0 aromatic carbocycles. The molecule has 1 aliphatic heterocycles. The van der Waals surface area contributed by atoms with Crippen LogP contribution >= 0.6 is 0 Å². The van der Waals surface area contributed by atoms with E-state index in [-0.39, 0.29) is 35.5 Å². The number of carbonyl (C=O) groups is 3. The van der Waals surface area contributed by atoms with Gasteiger partial charge in [0.05, 0.1) is 0 Å². The van der Waals surface area contributed by atoms with E-state index in [1.54, 1.807) is 0 Å². The van der Waals surface area contributed by atoms with E-state index in [2.05, 4.69) is 0 Å². The SMILES string of the molecule is CCC(C)C1C(=O)N(C)C(=O)N(C)C1=O.[Na+]. The van der Waals surface area contributed by atoms with Crippen molar-refractivity contribution in [1.82, 2.24) is 9.80 Å². The number of carbonyl (C=O) groups excluding carboxylic acids is 3. The molecular formula is C10H16N2NaO3+. The van der Waals surface area contributed by atoms with Crippen LogP contribution in [0.1, 0.15) is 20.3 Å². The third-order valence-corrected chi connectivity index (χ3v) is 2.98. The number of imide groups is 2. The summed E-state index contributed by atoms with van der Waals surface area (Å²) in [5.41, 5.74) is 0. The van der Waals surface area contributed by atoms with Crippen molar-refractivity contribution < 1.29 is 43.9 Å². The second-order valence-corrected chi connectivity index (χ2v) is 3.94. The van der Waals surface area contributed by atoms with Gasteiger partial charge in [-0.3, -0.25) is 19.4 Å². The van der Waals surface area contributed by atoms with E-state index in [0.717, 1.165) is 16.2 Å². The van der Waals surface area contributed by atoms with Crippen molar-refractivity contribution in [3.05, 3.63) is 0 Å². The number of hydrogen-bond donors (Lipinski definition) is 0. The summed E-state index contributed by atoms with van der Waals surface area (Å²) in [4.78, 5) is 36.9. The summed E-state index contributed by atoms with van der Waals surface area (Å²) in [5.74, 6) is -1.53. The van der Waals surface area contributed by atoms with E-state index in [1.807, 2.05) is 13.8 Å². The Hall–Kier alpha value is -0.390. The minimum absolute atomic E-state index is 0. The van der Waals surface area contributed by atoms with Crippen LogP contribution < -0.4 is 29.6 Å². The molecule has 1 aliphatic rings. The number of hydrogen-bond acceptors (Lipinski definition) is 3. The van der Waals surface area contributed by atoms with Crippen LogP contribution in [0.2, 0.25) is 0 Å². The number of urea groups is 1. The Labute approximate surface area is 117 Å². The first-order chi connectivity index (χ1) is 6.91. The van der Waals surface area contributed by atoms with E-state index < -0.39 is 23.8 Å². The second kappa shape index (κ2) is 5.80. The summed E-state index contributed by atoms with van der Waals surface area (Å²) >= 11 is 0. The zero-order chi connectivity index (χ0) is 11.7. The van der Waals surface area contributed by atoms with Crippen LogP contribution in [0.15, 0.2) is 0 Å². The fraction of sp³-hybridized carbons (Fsp3) is 0.700. The maximum absolute atomic E-state index is 11.7. The van der Waals surface area contributed by atoms with Crippen molar-refractivity contribution in [2.45, 2.75) is 20.3 Å². The Morgan fingerprint density at radius 1 is 1.12 bits per heavy atom. The number of barbiturate groups is 1. The molecule has 1 fully saturated rings. The molecule has 6 heteroatoms. The van der Waals surface area contributed by atoms with Gasteiger partial charge in [0, 0.05) is 14.1 Å². The molecule has 0 radical (unpaired) electrons. The molecule has 84 valence electrons. The van der Waals surface area contributed by atoms with Crippen molar-refractivity contribution in [3.8, 4) is 0 Å². The maximum Gasteiger partial charge on any atom is 1.00 e. The van der Waals surface area contributed by atoms with Crippen LogP contribution in [0.5, 0.6) is 0 Å². The largest absolute Gasteiger partial charge is 1.00 e. The van der Waals surface area contributed by atoms with Gasteiger partial charge in [-0.05, 0) is 5.92 Å². The van der Waals surface area contributed by atoms with E-state index >= 15 is 0 Å². The average molecular weight is 235 g/mol. The van der Waals surface area contributed by atoms with Gasteiger partial charge in [0.1, 0.15) is 5.92 Å². The molecule has 0 saturated carbocycles. The van der Waals surface area contributed by atoms with Crippen LogP contribution in [0.4, 0.5) is 4.79 Å². The topological polar surface area (TPSA) is 57.7 Å². The summed E-state index contributed by atoms with van der Waals surface area (Å²) in [6, 6.07) is -0.551. The quantitative estimate of drug-likeness (QED) is 0.399. The van der Waals surface area contributed by atoms with E-state index in [9.17, 15) is 14.4 Å². The monoisotopic (exact) mass is 235 g/mol. The standard InChI is InChI=1S/C10H16N2O3.Na/c1-5-6(2)7-8(13)11(3)10(15)12(4)9(7)14;/h6-7H,5H2,1-4H3;/q;+1. The summed E-state index contributed by atoms with van der Waals surface area (Å²) < 4.78 is 0. The molecule has 1 unspecified atom stereocenters. The second-order valence-electron chi connectivity index (χ2n) is 3.94. The first-order valence-corrected chi connectivity index (χ1v) is 5.00. The molecule has 0 aromatic rings. The Bertz CT molecular complexity index is 295. The molecule has 1 heterocycles. The Balaban J connectivity index is 0.00000225. The molecule has 1 atom stereocenters. The van der Waals surface area contributed by atoms with Crippen LogP contribution in [-0.2, 0) is 9.59 Å². The molecule has 0 aliphatic carbocycles. The molecule has 0 spiro atoms. The third kappa shape index (κ3) is 2.47. The van der Waals surface area contributed by atoms with Gasteiger partial charge >= 0.3 is 35.6 Å². The summed E-state index contributed by atoms with van der Waals surface area (Å²) in [5, 5.41) is 0. The fourth-order valence-electron chi connectivity index (χ4n) is 1.66. The first-order valence-electron chi connectivity index (χ1n) is 5.00. The minimum atomic E-state index is -0.706. The summed E-state index contributed by atoms with van der Waals surface area (Å²) in [7, 11) is 2.81. The molecule has 1 saturated heterocycles. The Morgan fingerprint density at radius 3 is 1.81 bits per heavy atom. The molecule has 4 amide bonds. The van der Waals surface area contributed by atoms with E-state index in [1.165, 1.54) is 14.1 Å². The van der Waals surface area contributed by atoms with Gasteiger partial charge in [0.15, 0.2) is 0 Å². The zero-order valence-corrected chi connectivity index (χ0v) is 12.5. The predicted molar refractivity (Wildman–Crippen MR) is 53.9 cm³/mol. The number of amides is 4. The Kier molecular flexibility index (Phi) is 5.65. The summed E-state index contributed by atoms with van der Waals surface area (Å²) in [6.07, 6.45) is 0.734. The van der Waals surface area contributed by atoms with Crippen molar-refractivity contribution in [1.29, 1.82) is 0 Å². The molecule has 16 heavy (non-hydrogen) atoms. The maximum atomic E-state index is 11.7. The third-order valence-electron chi connectivity index (χ3n) is 2.98. The molecule has 0 N–H and O–H groups in total. The Morgan fingerprint density at radius 2 is 1.50 bits per heavy atom. The van der Waals surface area contributed by atoms with Crippen molar-refractivity contribution in [2.24, 2.45) is 11.8 Å². The zero-order valence-electron chi connectivity index (χ0n) is 10.5. The minimum Gasteiger partial charge on any atom is -0.273 e. The van der Waals surface area contributed by atoms with Crippen molar-refractivity contribution in [3.63, 3.8) is 0 Å². The van der Waals surface area contributed by atoms with Crippen LogP contribution in [-0.4, -0.2) is 41.7 Å². The van der Waals surface area contributed by atoms with Crippen LogP contribution in [0.3, 0.4) is 0 Å². The van der Waals surface area contributed by atoms with Gasteiger partial charge in [-0.25, -0.2) is 4.79 Å². The van der Waals surface area contributed by atoms with Crippen LogP contribution in [0.25, 0.3) is 0 Å². The molecular weight excluding hydrogens is 219 g/mol. The number of nitrogens with zero attached hydrogens (tertiary/aromatic N) is 2. The molecule has 0 bridgehead atoms. The fourth-order valence-corrected chi connectivity index (χ4v) is 1.66. The van der Waals surface area contributed by atoms with Crippen molar-refractivity contribution >= 4 is 17.8 Å². The smallest absolute Gasteiger partial charge is 0.273 e. The average Bonchev–Trinajstić information content (AvgIpc) is 2.23. The predicted octanol–water partition coefficient (Wildman–Crippen LogP) is -2.30. The molecule has 0 aromatic heterocycles. The van der Waals surface area contributed by atoms with E-state index in [4.69, 9.17) is 0 Å². The van der Waals surface area contributed by atoms with Gasteiger partial charge in [-0.15, -0.1) is 0 Å². The van der Waals surface area contributed by atoms with Gasteiger partial charge in [0.25, 0.3) is 0 Å². The summed E-state index contributed by atoms with van der Waals surface area (Å²) in [6.45, 7) is 3.76. The molecule has 1 rings (SSSR count).